The van der Waals surface area contributed by atoms with Crippen LogP contribution in [0.1, 0.15) is 89.2 Å². The minimum absolute atomic E-state index is 0.115. The Kier molecular flexibility index (Phi) is 7.55. The van der Waals surface area contributed by atoms with Gasteiger partial charge in [-0.05, 0) is 79.9 Å². The number of hydrogen-bond acceptors (Lipinski definition) is 0. The molecule has 5 aromatic carbocycles. The summed E-state index contributed by atoms with van der Waals surface area (Å²) in [6, 6.07) is 37.0. The van der Waals surface area contributed by atoms with Crippen LogP contribution in [-0.2, 0) is 5.41 Å². The summed E-state index contributed by atoms with van der Waals surface area (Å²) >= 11 is 0. The summed E-state index contributed by atoms with van der Waals surface area (Å²) in [5.41, 5.74) is 8.94. The van der Waals surface area contributed by atoms with Gasteiger partial charge in [-0.3, -0.25) is 0 Å². The molecule has 0 nitrogen and oxygen atoms in total. The molecule has 0 atom stereocenters. The monoisotopic (exact) mass is 510 g/mol. The van der Waals surface area contributed by atoms with E-state index in [1.54, 1.807) is 11.1 Å². The normalized spacial score (nSPS) is 13.6. The minimum Gasteiger partial charge on any atom is -0.0654 e. The topological polar surface area (TPSA) is 0 Å². The molecule has 1 aliphatic rings. The molecular weight excluding hydrogens is 468 g/mol. The number of benzene rings is 5. The van der Waals surface area contributed by atoms with E-state index in [9.17, 15) is 0 Å². The van der Waals surface area contributed by atoms with Crippen LogP contribution in [0.15, 0.2) is 97.1 Å². The van der Waals surface area contributed by atoms with E-state index in [0.717, 1.165) is 0 Å². The molecule has 198 valence electrons. The van der Waals surface area contributed by atoms with Crippen molar-refractivity contribution in [3.8, 4) is 22.3 Å². The first-order chi connectivity index (χ1) is 19.3. The van der Waals surface area contributed by atoms with Crippen molar-refractivity contribution in [2.24, 2.45) is 0 Å². The smallest absolute Gasteiger partial charge is 0.0215 e. The number of rotatable bonds is 11. The van der Waals surface area contributed by atoms with Gasteiger partial charge in [0.2, 0.25) is 0 Å². The fourth-order valence-corrected chi connectivity index (χ4v) is 7.31. The first kappa shape index (κ1) is 25.9. The summed E-state index contributed by atoms with van der Waals surface area (Å²) in [4.78, 5) is 0. The van der Waals surface area contributed by atoms with Crippen molar-refractivity contribution in [2.45, 2.75) is 83.5 Å². The zero-order chi connectivity index (χ0) is 26.7. The predicted molar refractivity (Wildman–Crippen MR) is 171 cm³/mol. The molecule has 0 heterocycles. The lowest BCUT2D eigenvalue weighted by molar-refractivity contribution is 0.401. The molecule has 0 amide bonds. The standard InChI is InChI=1S/C39H42/c1-3-5-7-15-25-39(26-16-8-6-4-2)36-22-14-13-21-34(36)35-24-23-31(28-37(35)39)38-32-19-11-9-17-29(32)27-30-18-10-12-20-33(30)38/h9-14,17-24,27-28H,3-8,15-16,25-26H2,1-2H3. The SMILES string of the molecule is CCCCCCC1(CCCCCC)c2ccccc2-c2ccc(-c3c4ccccc4cc4ccccc34)cc21. The van der Waals surface area contributed by atoms with Crippen molar-refractivity contribution in [3.63, 3.8) is 0 Å². The molecule has 0 saturated heterocycles. The fraction of sp³-hybridized carbons (Fsp3) is 0.333. The van der Waals surface area contributed by atoms with Gasteiger partial charge in [-0.15, -0.1) is 0 Å². The largest absolute Gasteiger partial charge is 0.0654 e. The summed E-state index contributed by atoms with van der Waals surface area (Å²) in [7, 11) is 0. The molecule has 5 aromatic rings. The number of fused-ring (bicyclic) bond motifs is 5. The summed E-state index contributed by atoms with van der Waals surface area (Å²) in [6.45, 7) is 4.64. The average Bonchev–Trinajstić information content (AvgIpc) is 3.25. The van der Waals surface area contributed by atoms with Crippen LogP contribution in [0.25, 0.3) is 43.8 Å². The van der Waals surface area contributed by atoms with Crippen molar-refractivity contribution in [2.75, 3.05) is 0 Å². The molecule has 0 aliphatic heterocycles. The first-order valence-corrected chi connectivity index (χ1v) is 15.4. The molecule has 0 unspecified atom stereocenters. The summed E-state index contributed by atoms with van der Waals surface area (Å²) < 4.78 is 0. The Hall–Kier alpha value is -3.38. The molecule has 0 radical (unpaired) electrons. The van der Waals surface area contributed by atoms with E-state index in [1.807, 2.05) is 0 Å². The Bertz CT molecular complexity index is 1520. The molecule has 0 N–H and O–H groups in total. The lowest BCUT2D eigenvalue weighted by Crippen LogP contribution is -2.25. The number of hydrogen-bond donors (Lipinski definition) is 0. The maximum Gasteiger partial charge on any atom is 0.0215 e. The van der Waals surface area contributed by atoms with Gasteiger partial charge in [0.1, 0.15) is 0 Å². The van der Waals surface area contributed by atoms with Gasteiger partial charge < -0.3 is 0 Å². The van der Waals surface area contributed by atoms with E-state index in [4.69, 9.17) is 0 Å². The van der Waals surface area contributed by atoms with Gasteiger partial charge in [0.15, 0.2) is 0 Å². The molecule has 1 aliphatic carbocycles. The third-order valence-corrected chi connectivity index (χ3v) is 9.24. The van der Waals surface area contributed by atoms with Crippen LogP contribution < -0.4 is 0 Å². The second-order valence-corrected chi connectivity index (χ2v) is 11.7. The lowest BCUT2D eigenvalue weighted by atomic mass is 9.70. The highest BCUT2D eigenvalue weighted by molar-refractivity contribution is 6.12. The van der Waals surface area contributed by atoms with Crippen LogP contribution in [0.5, 0.6) is 0 Å². The van der Waals surface area contributed by atoms with Crippen molar-refractivity contribution in [1.82, 2.24) is 0 Å². The van der Waals surface area contributed by atoms with Gasteiger partial charge in [0.25, 0.3) is 0 Å². The van der Waals surface area contributed by atoms with Crippen LogP contribution >= 0.6 is 0 Å². The highest BCUT2D eigenvalue weighted by Crippen LogP contribution is 2.55. The van der Waals surface area contributed by atoms with E-state index in [2.05, 4.69) is 111 Å². The molecule has 39 heavy (non-hydrogen) atoms. The highest BCUT2D eigenvalue weighted by Gasteiger charge is 2.42. The van der Waals surface area contributed by atoms with Gasteiger partial charge in [-0.25, -0.2) is 0 Å². The Balaban J connectivity index is 1.55. The second-order valence-electron chi connectivity index (χ2n) is 11.7. The van der Waals surface area contributed by atoms with E-state index in [1.165, 1.54) is 108 Å². The third kappa shape index (κ3) is 4.69. The van der Waals surface area contributed by atoms with Crippen molar-refractivity contribution in [3.05, 3.63) is 108 Å². The quantitative estimate of drug-likeness (QED) is 0.122. The van der Waals surface area contributed by atoms with Gasteiger partial charge in [-0.2, -0.15) is 0 Å². The van der Waals surface area contributed by atoms with Gasteiger partial charge in [0.05, 0.1) is 0 Å². The van der Waals surface area contributed by atoms with E-state index < -0.39 is 0 Å². The maximum absolute atomic E-state index is 2.60. The first-order valence-electron chi connectivity index (χ1n) is 15.4. The minimum atomic E-state index is 0.115. The van der Waals surface area contributed by atoms with Crippen LogP contribution in [0.4, 0.5) is 0 Å². The molecule has 0 saturated carbocycles. The zero-order valence-electron chi connectivity index (χ0n) is 23.8. The van der Waals surface area contributed by atoms with Gasteiger partial charge in [-0.1, -0.05) is 150 Å². The summed E-state index contributed by atoms with van der Waals surface area (Å²) in [5, 5.41) is 5.34. The molecule has 6 rings (SSSR count). The van der Waals surface area contributed by atoms with Crippen LogP contribution in [-0.4, -0.2) is 0 Å². The summed E-state index contributed by atoms with van der Waals surface area (Å²) in [5.74, 6) is 0. The molecule has 0 fully saturated rings. The molecule has 0 aromatic heterocycles. The van der Waals surface area contributed by atoms with Crippen LogP contribution in [0.3, 0.4) is 0 Å². The molecule has 0 bridgehead atoms. The summed E-state index contributed by atoms with van der Waals surface area (Å²) in [6.07, 6.45) is 13.0. The van der Waals surface area contributed by atoms with E-state index in [-0.39, 0.29) is 5.41 Å². The van der Waals surface area contributed by atoms with Crippen molar-refractivity contribution >= 4 is 21.5 Å². The van der Waals surface area contributed by atoms with Gasteiger partial charge >= 0.3 is 0 Å². The Morgan fingerprint density at radius 3 is 1.69 bits per heavy atom. The third-order valence-electron chi connectivity index (χ3n) is 9.24. The highest BCUT2D eigenvalue weighted by atomic mass is 14.4. The van der Waals surface area contributed by atoms with E-state index >= 15 is 0 Å². The maximum atomic E-state index is 2.60. The Labute approximate surface area is 235 Å². The van der Waals surface area contributed by atoms with Gasteiger partial charge in [0, 0.05) is 5.41 Å². The van der Waals surface area contributed by atoms with Crippen LogP contribution in [0, 0.1) is 0 Å². The lowest BCUT2D eigenvalue weighted by Gasteiger charge is -2.33. The molecule has 0 heteroatoms. The molecule has 0 spiro atoms. The zero-order valence-corrected chi connectivity index (χ0v) is 23.8. The second kappa shape index (κ2) is 11.4. The van der Waals surface area contributed by atoms with E-state index in [0.29, 0.717) is 0 Å². The van der Waals surface area contributed by atoms with Crippen LogP contribution in [0.2, 0.25) is 0 Å². The molecular formula is C39H42. The average molecular weight is 511 g/mol. The fourth-order valence-electron chi connectivity index (χ4n) is 7.31. The predicted octanol–water partition coefficient (Wildman–Crippen LogP) is 11.9. The van der Waals surface area contributed by atoms with Crippen molar-refractivity contribution < 1.29 is 0 Å². The Morgan fingerprint density at radius 1 is 0.487 bits per heavy atom. The van der Waals surface area contributed by atoms with Crippen molar-refractivity contribution in [1.29, 1.82) is 0 Å². The number of unbranched alkanes of at least 4 members (excludes halogenated alkanes) is 6. The Morgan fingerprint density at radius 2 is 1.05 bits per heavy atom.